The van der Waals surface area contributed by atoms with E-state index in [0.29, 0.717) is 6.54 Å². The third kappa shape index (κ3) is 4.92. The smallest absolute Gasteiger partial charge is 0.244 e. The zero-order valence-corrected chi connectivity index (χ0v) is 14.9. The number of hydrogen-bond acceptors (Lipinski definition) is 4. The maximum atomic E-state index is 12.0. The Labute approximate surface area is 137 Å². The molecule has 1 atom stereocenters. The molecule has 2 rings (SSSR count). The van der Waals surface area contributed by atoms with Crippen LogP contribution in [0.5, 0.6) is 0 Å². The summed E-state index contributed by atoms with van der Waals surface area (Å²) in [5, 5.41) is 5.99. The van der Waals surface area contributed by atoms with Crippen LogP contribution < -0.4 is 5.32 Å². The summed E-state index contributed by atoms with van der Waals surface area (Å²) >= 11 is 1.59. The van der Waals surface area contributed by atoms with Crippen molar-refractivity contribution in [2.75, 3.05) is 19.6 Å². The van der Waals surface area contributed by atoms with Crippen LogP contribution in [0, 0.1) is 12.8 Å². The number of aryl methyl sites for hydroxylation is 1. The van der Waals surface area contributed by atoms with E-state index in [9.17, 15) is 4.79 Å². The number of thiazole rings is 1. The molecule has 0 spiro atoms. The van der Waals surface area contributed by atoms with E-state index < -0.39 is 0 Å². The van der Waals surface area contributed by atoms with Crippen molar-refractivity contribution in [3.05, 3.63) is 22.2 Å². The van der Waals surface area contributed by atoms with Gasteiger partial charge in [0.25, 0.3) is 0 Å². The summed E-state index contributed by atoms with van der Waals surface area (Å²) in [6.45, 7) is 11.6. The van der Waals surface area contributed by atoms with E-state index in [1.807, 2.05) is 12.3 Å². The zero-order valence-electron chi connectivity index (χ0n) is 14.1. The number of likely N-dealkylation sites (tertiary alicyclic amines) is 1. The zero-order chi connectivity index (χ0) is 16.2. The van der Waals surface area contributed by atoms with E-state index in [0.717, 1.165) is 29.7 Å². The molecule has 5 heteroatoms. The van der Waals surface area contributed by atoms with Crippen LogP contribution in [0.3, 0.4) is 0 Å². The van der Waals surface area contributed by atoms with Gasteiger partial charge in [-0.3, -0.25) is 9.69 Å². The highest BCUT2D eigenvalue weighted by Gasteiger charge is 2.30. The van der Waals surface area contributed by atoms with Crippen molar-refractivity contribution >= 4 is 23.3 Å². The molecule has 1 N–H and O–H groups in total. The first-order valence-corrected chi connectivity index (χ1v) is 8.88. The van der Waals surface area contributed by atoms with Gasteiger partial charge in [0.2, 0.25) is 5.91 Å². The Morgan fingerprint density at radius 2 is 2.36 bits per heavy atom. The molecule has 0 radical (unpaired) electrons. The Balaban J connectivity index is 1.82. The van der Waals surface area contributed by atoms with Crippen molar-refractivity contribution in [1.29, 1.82) is 0 Å². The van der Waals surface area contributed by atoms with Crippen LogP contribution in [-0.4, -0.2) is 41.0 Å². The molecule has 0 aromatic carbocycles. The Kier molecular flexibility index (Phi) is 5.75. The molecule has 1 amide bonds. The van der Waals surface area contributed by atoms with Crippen LogP contribution in [0.2, 0.25) is 0 Å². The number of piperidine rings is 1. The average Bonchev–Trinajstić information content (AvgIpc) is 2.89. The summed E-state index contributed by atoms with van der Waals surface area (Å²) in [4.78, 5) is 18.8. The Morgan fingerprint density at radius 3 is 3.00 bits per heavy atom. The first-order chi connectivity index (χ1) is 10.4. The standard InChI is InChI=1S/C17H27N3OS/c1-13-6-5-9-20(10-13)17(3,4)12-18-16(21)8-7-15-11-22-14(2)19-15/h7-8,11,13H,5-6,9-10,12H2,1-4H3,(H,18,21). The highest BCUT2D eigenvalue weighted by atomic mass is 32.1. The highest BCUT2D eigenvalue weighted by molar-refractivity contribution is 7.09. The normalized spacial score (nSPS) is 20.5. The number of nitrogens with one attached hydrogen (secondary N) is 1. The summed E-state index contributed by atoms with van der Waals surface area (Å²) in [6, 6.07) is 0. The maximum Gasteiger partial charge on any atom is 0.244 e. The van der Waals surface area contributed by atoms with E-state index in [1.54, 1.807) is 23.5 Å². The second-order valence-electron chi connectivity index (χ2n) is 6.85. The van der Waals surface area contributed by atoms with Gasteiger partial charge in [-0.2, -0.15) is 0 Å². The molecule has 122 valence electrons. The first kappa shape index (κ1) is 17.2. The maximum absolute atomic E-state index is 12.0. The van der Waals surface area contributed by atoms with Gasteiger partial charge in [0, 0.05) is 30.1 Å². The van der Waals surface area contributed by atoms with Crippen molar-refractivity contribution < 1.29 is 4.79 Å². The van der Waals surface area contributed by atoms with Crippen LogP contribution in [0.4, 0.5) is 0 Å². The Morgan fingerprint density at radius 1 is 1.59 bits per heavy atom. The molecule has 0 aliphatic carbocycles. The molecular weight excluding hydrogens is 294 g/mol. The second-order valence-corrected chi connectivity index (χ2v) is 7.91. The summed E-state index contributed by atoms with van der Waals surface area (Å²) in [5.41, 5.74) is 0.844. The average molecular weight is 321 g/mol. The molecule has 2 heterocycles. The molecule has 4 nitrogen and oxygen atoms in total. The molecular formula is C17H27N3OS. The summed E-state index contributed by atoms with van der Waals surface area (Å²) in [5.74, 6) is 0.695. The molecule has 1 unspecified atom stereocenters. The molecule has 1 aliphatic rings. The number of carbonyl (C=O) groups is 1. The lowest BCUT2D eigenvalue weighted by molar-refractivity contribution is -0.117. The summed E-state index contributed by atoms with van der Waals surface area (Å²) in [6.07, 6.45) is 5.91. The fourth-order valence-electron chi connectivity index (χ4n) is 2.83. The number of aromatic nitrogens is 1. The lowest BCUT2D eigenvalue weighted by Gasteiger charge is -2.43. The minimum Gasteiger partial charge on any atom is -0.351 e. The molecule has 0 bridgehead atoms. The van der Waals surface area contributed by atoms with E-state index in [4.69, 9.17) is 0 Å². The fraction of sp³-hybridized carbons (Fsp3) is 0.647. The fourth-order valence-corrected chi connectivity index (χ4v) is 3.41. The van der Waals surface area contributed by atoms with Crippen molar-refractivity contribution in [2.24, 2.45) is 5.92 Å². The van der Waals surface area contributed by atoms with E-state index in [1.165, 1.54) is 12.8 Å². The van der Waals surface area contributed by atoms with Crippen LogP contribution in [0.15, 0.2) is 11.5 Å². The number of amides is 1. The Bertz CT molecular complexity index is 536. The molecule has 1 fully saturated rings. The molecule has 1 aromatic heterocycles. The van der Waals surface area contributed by atoms with E-state index >= 15 is 0 Å². The third-order valence-electron chi connectivity index (χ3n) is 4.25. The molecule has 22 heavy (non-hydrogen) atoms. The third-order valence-corrected chi connectivity index (χ3v) is 5.04. The van der Waals surface area contributed by atoms with Gasteiger partial charge in [-0.25, -0.2) is 4.98 Å². The van der Waals surface area contributed by atoms with E-state index in [2.05, 4.69) is 36.0 Å². The minimum absolute atomic E-state index is 0.00456. The van der Waals surface area contributed by atoms with Crippen LogP contribution in [0.1, 0.15) is 44.3 Å². The summed E-state index contributed by atoms with van der Waals surface area (Å²) in [7, 11) is 0. The van der Waals surface area contributed by atoms with E-state index in [-0.39, 0.29) is 11.4 Å². The van der Waals surface area contributed by atoms with Gasteiger partial charge in [-0.1, -0.05) is 6.92 Å². The summed E-state index contributed by atoms with van der Waals surface area (Å²) < 4.78 is 0. The number of nitrogens with zero attached hydrogens (tertiary/aromatic N) is 2. The lowest BCUT2D eigenvalue weighted by atomic mass is 9.93. The monoisotopic (exact) mass is 321 g/mol. The van der Waals surface area contributed by atoms with Crippen molar-refractivity contribution in [3.8, 4) is 0 Å². The molecule has 1 aliphatic heterocycles. The number of hydrogen-bond donors (Lipinski definition) is 1. The van der Waals surface area contributed by atoms with Gasteiger partial charge in [-0.05, 0) is 52.2 Å². The van der Waals surface area contributed by atoms with Crippen molar-refractivity contribution in [2.45, 2.75) is 46.1 Å². The van der Waals surface area contributed by atoms with Gasteiger partial charge < -0.3 is 5.32 Å². The highest BCUT2D eigenvalue weighted by Crippen LogP contribution is 2.23. The predicted molar refractivity (Wildman–Crippen MR) is 92.9 cm³/mol. The SMILES string of the molecule is Cc1nc(C=CC(=O)NCC(C)(C)N2CCCC(C)C2)cs1. The van der Waals surface area contributed by atoms with Crippen molar-refractivity contribution in [3.63, 3.8) is 0 Å². The van der Waals surface area contributed by atoms with Crippen LogP contribution in [-0.2, 0) is 4.79 Å². The second kappa shape index (κ2) is 7.38. The van der Waals surface area contributed by atoms with Gasteiger partial charge in [0.05, 0.1) is 10.7 Å². The van der Waals surface area contributed by atoms with Crippen LogP contribution in [0.25, 0.3) is 6.08 Å². The quantitative estimate of drug-likeness (QED) is 0.848. The largest absolute Gasteiger partial charge is 0.351 e. The van der Waals surface area contributed by atoms with Gasteiger partial charge in [0.15, 0.2) is 0 Å². The molecule has 0 saturated carbocycles. The number of rotatable bonds is 5. The van der Waals surface area contributed by atoms with Gasteiger partial charge in [0.1, 0.15) is 0 Å². The minimum atomic E-state index is -0.0521. The topological polar surface area (TPSA) is 45.2 Å². The van der Waals surface area contributed by atoms with Gasteiger partial charge >= 0.3 is 0 Å². The molecule has 1 aromatic rings. The Hall–Kier alpha value is -1.20. The lowest BCUT2D eigenvalue weighted by Crippen LogP contribution is -2.54. The molecule has 1 saturated heterocycles. The van der Waals surface area contributed by atoms with Gasteiger partial charge in [-0.15, -0.1) is 11.3 Å². The van der Waals surface area contributed by atoms with Crippen LogP contribution >= 0.6 is 11.3 Å². The first-order valence-electron chi connectivity index (χ1n) is 8.00. The number of carbonyl (C=O) groups excluding carboxylic acids is 1. The predicted octanol–water partition coefficient (Wildman–Crippen LogP) is 3.09. The van der Waals surface area contributed by atoms with Crippen molar-refractivity contribution in [1.82, 2.24) is 15.2 Å².